The Labute approximate surface area is 150 Å². The van der Waals surface area contributed by atoms with Gasteiger partial charge in [-0.05, 0) is 48.5 Å². The second kappa shape index (κ2) is 7.06. The molecule has 0 spiro atoms. The summed E-state index contributed by atoms with van der Waals surface area (Å²) in [4.78, 5) is 24.2. The first kappa shape index (κ1) is 18.4. The number of pyridine rings is 1. The zero-order valence-corrected chi connectivity index (χ0v) is 13.6. The number of anilines is 1. The monoisotopic (exact) mass is 376 g/mol. The molecule has 0 unspecified atom stereocenters. The maximum Gasteiger partial charge on any atom is 0.416 e. The summed E-state index contributed by atoms with van der Waals surface area (Å²) in [5.74, 6) is -1.17. The van der Waals surface area contributed by atoms with Crippen LogP contribution in [0, 0.1) is 5.82 Å². The van der Waals surface area contributed by atoms with Gasteiger partial charge in [0.2, 0.25) is 0 Å². The Morgan fingerprint density at radius 1 is 0.963 bits per heavy atom. The number of hydrogen-bond acceptors (Lipinski definition) is 2. The van der Waals surface area contributed by atoms with Gasteiger partial charge >= 0.3 is 6.18 Å². The van der Waals surface area contributed by atoms with E-state index in [4.69, 9.17) is 0 Å². The van der Waals surface area contributed by atoms with Gasteiger partial charge in [-0.15, -0.1) is 0 Å². The van der Waals surface area contributed by atoms with Gasteiger partial charge in [0.1, 0.15) is 5.82 Å². The van der Waals surface area contributed by atoms with Crippen LogP contribution in [-0.2, 0) is 6.18 Å². The van der Waals surface area contributed by atoms with Crippen molar-refractivity contribution in [2.75, 3.05) is 5.32 Å². The van der Waals surface area contributed by atoms with E-state index in [1.165, 1.54) is 36.5 Å². The van der Waals surface area contributed by atoms with Crippen LogP contribution in [-0.4, -0.2) is 10.5 Å². The minimum absolute atomic E-state index is 0.0199. The largest absolute Gasteiger partial charge is 0.416 e. The van der Waals surface area contributed by atoms with Crippen LogP contribution in [0.4, 0.5) is 23.2 Å². The molecule has 0 aliphatic rings. The molecular weight excluding hydrogens is 364 g/mol. The topological polar surface area (TPSA) is 51.1 Å². The third-order valence-electron chi connectivity index (χ3n) is 3.73. The molecule has 1 N–H and O–H groups in total. The van der Waals surface area contributed by atoms with Crippen LogP contribution in [0.3, 0.4) is 0 Å². The lowest BCUT2D eigenvalue weighted by atomic mass is 10.1. The Morgan fingerprint density at radius 2 is 1.67 bits per heavy atom. The fourth-order valence-electron chi connectivity index (χ4n) is 2.40. The zero-order chi connectivity index (χ0) is 19.6. The Morgan fingerprint density at radius 3 is 2.30 bits per heavy atom. The van der Waals surface area contributed by atoms with E-state index in [1.807, 2.05) is 0 Å². The van der Waals surface area contributed by atoms with Crippen molar-refractivity contribution in [1.29, 1.82) is 0 Å². The summed E-state index contributed by atoms with van der Waals surface area (Å²) in [7, 11) is 0. The van der Waals surface area contributed by atoms with E-state index in [1.54, 1.807) is 0 Å². The average Bonchev–Trinajstić information content (AvgIpc) is 2.62. The van der Waals surface area contributed by atoms with Gasteiger partial charge in [0.15, 0.2) is 0 Å². The first-order chi connectivity index (χ1) is 12.7. The van der Waals surface area contributed by atoms with Crippen LogP contribution in [0.5, 0.6) is 0 Å². The molecule has 1 heterocycles. The Bertz CT molecular complexity index is 1040. The van der Waals surface area contributed by atoms with Crippen molar-refractivity contribution in [3.8, 4) is 5.69 Å². The summed E-state index contributed by atoms with van der Waals surface area (Å²) in [6, 6.07) is 11.6. The molecule has 0 saturated heterocycles. The molecule has 0 saturated carbocycles. The molecule has 3 rings (SSSR count). The molecular formula is C19H12F4N2O2. The van der Waals surface area contributed by atoms with Crippen LogP contribution in [0.15, 0.2) is 71.7 Å². The highest BCUT2D eigenvalue weighted by molar-refractivity contribution is 6.04. The van der Waals surface area contributed by atoms with E-state index in [9.17, 15) is 27.2 Å². The minimum Gasteiger partial charge on any atom is -0.321 e. The Hall–Kier alpha value is -3.42. The molecule has 4 nitrogen and oxygen atoms in total. The molecule has 1 amide bonds. The second-order valence-corrected chi connectivity index (χ2v) is 5.64. The molecule has 0 radical (unpaired) electrons. The first-order valence-electron chi connectivity index (χ1n) is 7.71. The van der Waals surface area contributed by atoms with Crippen LogP contribution in [0.25, 0.3) is 5.69 Å². The second-order valence-electron chi connectivity index (χ2n) is 5.64. The fraction of sp³-hybridized carbons (Fsp3) is 0.0526. The maximum atomic E-state index is 13.4. The van der Waals surface area contributed by atoms with Crippen LogP contribution in [0.1, 0.15) is 15.9 Å². The van der Waals surface area contributed by atoms with Gasteiger partial charge < -0.3 is 5.32 Å². The summed E-state index contributed by atoms with van der Waals surface area (Å²) < 4.78 is 52.3. The van der Waals surface area contributed by atoms with E-state index >= 15 is 0 Å². The van der Waals surface area contributed by atoms with Crippen molar-refractivity contribution < 1.29 is 22.4 Å². The molecule has 0 aliphatic heterocycles. The molecule has 0 atom stereocenters. The lowest BCUT2D eigenvalue weighted by Crippen LogP contribution is -2.19. The highest BCUT2D eigenvalue weighted by atomic mass is 19.4. The summed E-state index contributed by atoms with van der Waals surface area (Å²) in [6.45, 7) is 0. The van der Waals surface area contributed by atoms with Gasteiger partial charge in [0.25, 0.3) is 11.5 Å². The van der Waals surface area contributed by atoms with Gasteiger partial charge in [-0.3, -0.25) is 14.2 Å². The van der Waals surface area contributed by atoms with Crippen molar-refractivity contribution in [1.82, 2.24) is 4.57 Å². The average molecular weight is 376 g/mol. The van der Waals surface area contributed by atoms with E-state index in [2.05, 4.69) is 5.32 Å². The van der Waals surface area contributed by atoms with E-state index in [0.29, 0.717) is 0 Å². The van der Waals surface area contributed by atoms with E-state index in [-0.39, 0.29) is 16.9 Å². The normalized spacial score (nSPS) is 11.3. The number of amides is 1. The third kappa shape index (κ3) is 4.22. The smallest absolute Gasteiger partial charge is 0.321 e. The van der Waals surface area contributed by atoms with E-state index in [0.717, 1.165) is 34.9 Å². The number of carbonyl (C=O) groups excluding carboxylic acids is 1. The summed E-state index contributed by atoms with van der Waals surface area (Å²) in [5.41, 5.74) is -0.785. The lowest BCUT2D eigenvalue weighted by Gasteiger charge is -2.11. The maximum absolute atomic E-state index is 13.4. The summed E-state index contributed by atoms with van der Waals surface area (Å²) in [5, 5.41) is 2.49. The van der Waals surface area contributed by atoms with Gasteiger partial charge in [-0.25, -0.2) is 4.39 Å². The lowest BCUT2D eigenvalue weighted by molar-refractivity contribution is -0.137. The quantitative estimate of drug-likeness (QED) is 0.695. The molecule has 2 aromatic carbocycles. The Balaban J connectivity index is 1.85. The molecule has 0 fully saturated rings. The van der Waals surface area contributed by atoms with Gasteiger partial charge in [0.05, 0.1) is 16.9 Å². The van der Waals surface area contributed by atoms with Crippen molar-refractivity contribution >= 4 is 11.6 Å². The van der Waals surface area contributed by atoms with Gasteiger partial charge in [-0.1, -0.05) is 6.07 Å². The minimum atomic E-state index is -4.49. The van der Waals surface area contributed by atoms with Gasteiger partial charge in [0, 0.05) is 17.8 Å². The molecule has 138 valence electrons. The van der Waals surface area contributed by atoms with Crippen molar-refractivity contribution in [3.05, 3.63) is 94.2 Å². The SMILES string of the molecule is O=C(Nc1ccc(=O)n(-c2cccc(F)c2)c1)c1ccc(C(F)(F)F)cc1. The number of rotatable bonds is 3. The summed E-state index contributed by atoms with van der Waals surface area (Å²) >= 11 is 0. The van der Waals surface area contributed by atoms with Crippen molar-refractivity contribution in [2.45, 2.75) is 6.18 Å². The fourth-order valence-corrected chi connectivity index (χ4v) is 2.40. The molecule has 0 aliphatic carbocycles. The predicted octanol–water partition coefficient (Wildman–Crippen LogP) is 4.25. The molecule has 8 heteroatoms. The van der Waals surface area contributed by atoms with Crippen LogP contribution < -0.4 is 10.9 Å². The predicted molar refractivity (Wildman–Crippen MR) is 91.4 cm³/mol. The van der Waals surface area contributed by atoms with Crippen molar-refractivity contribution in [3.63, 3.8) is 0 Å². The molecule has 0 bridgehead atoms. The number of halogens is 4. The standard InChI is InChI=1S/C19H12F4N2O2/c20-14-2-1-3-16(10-14)25-11-15(8-9-17(25)26)24-18(27)12-4-6-13(7-5-12)19(21,22)23/h1-11H,(H,24,27). The number of nitrogens with zero attached hydrogens (tertiary/aromatic N) is 1. The molecule has 27 heavy (non-hydrogen) atoms. The number of aromatic nitrogens is 1. The summed E-state index contributed by atoms with van der Waals surface area (Å²) in [6.07, 6.45) is -3.19. The third-order valence-corrected chi connectivity index (χ3v) is 3.73. The van der Waals surface area contributed by atoms with Crippen LogP contribution >= 0.6 is 0 Å². The highest BCUT2D eigenvalue weighted by Gasteiger charge is 2.30. The zero-order valence-electron chi connectivity index (χ0n) is 13.6. The first-order valence-corrected chi connectivity index (χ1v) is 7.71. The number of benzene rings is 2. The number of alkyl halides is 3. The number of nitrogens with one attached hydrogen (secondary N) is 1. The molecule has 3 aromatic rings. The van der Waals surface area contributed by atoms with E-state index < -0.39 is 29.0 Å². The van der Waals surface area contributed by atoms with Crippen LogP contribution in [0.2, 0.25) is 0 Å². The van der Waals surface area contributed by atoms with Gasteiger partial charge in [-0.2, -0.15) is 13.2 Å². The number of hydrogen-bond donors (Lipinski definition) is 1. The molecule has 1 aromatic heterocycles. The van der Waals surface area contributed by atoms with Crippen molar-refractivity contribution in [2.24, 2.45) is 0 Å². The number of carbonyl (C=O) groups is 1. The highest BCUT2D eigenvalue weighted by Crippen LogP contribution is 2.29. The Kier molecular flexibility index (Phi) is 4.81.